The molecule has 1 amide bonds. The minimum Gasteiger partial charge on any atom is -0.380 e. The first-order chi connectivity index (χ1) is 10.2. The molecule has 0 aromatic heterocycles. The van der Waals surface area contributed by atoms with E-state index in [0.717, 1.165) is 49.5 Å². The van der Waals surface area contributed by atoms with E-state index in [2.05, 4.69) is 5.32 Å². The Hall–Kier alpha value is -1.10. The van der Waals surface area contributed by atoms with Crippen molar-refractivity contribution in [3.8, 4) is 0 Å². The molecule has 0 aliphatic carbocycles. The number of ether oxygens (including phenoxy) is 1. The van der Waals surface area contributed by atoms with Crippen LogP contribution in [-0.2, 0) is 11.3 Å². The molecular weight excluding hydrogens is 300 g/mol. The van der Waals surface area contributed by atoms with Crippen LogP contribution in [0.2, 0.25) is 0 Å². The fraction of sp³-hybridized carbons (Fsp3) is 0.588. The SMILES string of the molecule is CNCCC1CCN(C(=O)c2cccc(COC)c2)CC1.Cl. The van der Waals surface area contributed by atoms with Gasteiger partial charge in [0, 0.05) is 25.8 Å². The van der Waals surface area contributed by atoms with Crippen LogP contribution in [0.15, 0.2) is 24.3 Å². The Bertz CT molecular complexity index is 460. The van der Waals surface area contributed by atoms with Crippen molar-refractivity contribution in [2.75, 3.05) is 33.8 Å². The molecule has 0 bridgehead atoms. The van der Waals surface area contributed by atoms with Crippen molar-refractivity contribution in [1.29, 1.82) is 0 Å². The normalized spacial score (nSPS) is 15.5. The summed E-state index contributed by atoms with van der Waals surface area (Å²) >= 11 is 0. The van der Waals surface area contributed by atoms with Gasteiger partial charge in [0.05, 0.1) is 6.61 Å². The van der Waals surface area contributed by atoms with Crippen molar-refractivity contribution in [2.45, 2.75) is 25.9 Å². The van der Waals surface area contributed by atoms with Crippen molar-refractivity contribution in [3.05, 3.63) is 35.4 Å². The van der Waals surface area contributed by atoms with E-state index in [4.69, 9.17) is 4.74 Å². The van der Waals surface area contributed by atoms with Gasteiger partial charge in [0.15, 0.2) is 0 Å². The van der Waals surface area contributed by atoms with Gasteiger partial charge in [0.1, 0.15) is 0 Å². The van der Waals surface area contributed by atoms with Crippen LogP contribution in [-0.4, -0.2) is 44.6 Å². The molecule has 124 valence electrons. The minimum absolute atomic E-state index is 0. The average Bonchev–Trinajstić information content (AvgIpc) is 2.53. The standard InChI is InChI=1S/C17H26N2O2.ClH/c1-18-9-6-14-7-10-19(11-8-14)17(20)16-5-3-4-15(12-16)13-21-2;/h3-5,12,14,18H,6-11,13H2,1-2H3;1H. The highest BCUT2D eigenvalue weighted by molar-refractivity contribution is 5.94. The Kier molecular flexibility index (Phi) is 8.46. The maximum absolute atomic E-state index is 12.5. The highest BCUT2D eigenvalue weighted by Crippen LogP contribution is 2.21. The molecule has 1 fully saturated rings. The fourth-order valence-electron chi connectivity index (χ4n) is 2.92. The second-order valence-electron chi connectivity index (χ2n) is 5.76. The number of hydrogen-bond donors (Lipinski definition) is 1. The van der Waals surface area contributed by atoms with E-state index in [1.165, 1.54) is 6.42 Å². The number of hydrogen-bond acceptors (Lipinski definition) is 3. The lowest BCUT2D eigenvalue weighted by Crippen LogP contribution is -2.39. The van der Waals surface area contributed by atoms with Crippen LogP contribution >= 0.6 is 12.4 Å². The molecule has 1 aliphatic rings. The van der Waals surface area contributed by atoms with E-state index in [-0.39, 0.29) is 18.3 Å². The molecule has 1 aromatic rings. The Morgan fingerprint density at radius 2 is 2.09 bits per heavy atom. The largest absolute Gasteiger partial charge is 0.380 e. The molecule has 1 heterocycles. The number of methoxy groups -OCH3 is 1. The Morgan fingerprint density at radius 3 is 2.73 bits per heavy atom. The summed E-state index contributed by atoms with van der Waals surface area (Å²) in [5.41, 5.74) is 1.82. The maximum atomic E-state index is 12.5. The van der Waals surface area contributed by atoms with Crippen LogP contribution in [0.3, 0.4) is 0 Å². The maximum Gasteiger partial charge on any atom is 0.253 e. The molecule has 1 saturated heterocycles. The fourth-order valence-corrected chi connectivity index (χ4v) is 2.92. The lowest BCUT2D eigenvalue weighted by atomic mass is 9.93. The van der Waals surface area contributed by atoms with E-state index in [1.54, 1.807) is 7.11 Å². The number of carbonyl (C=O) groups excluding carboxylic acids is 1. The van der Waals surface area contributed by atoms with E-state index in [9.17, 15) is 4.79 Å². The first kappa shape index (κ1) is 18.9. The molecule has 0 atom stereocenters. The topological polar surface area (TPSA) is 41.6 Å². The molecular formula is C17H27ClN2O2. The number of nitrogens with zero attached hydrogens (tertiary/aromatic N) is 1. The monoisotopic (exact) mass is 326 g/mol. The van der Waals surface area contributed by atoms with Crippen LogP contribution in [0.4, 0.5) is 0 Å². The highest BCUT2D eigenvalue weighted by atomic mass is 35.5. The lowest BCUT2D eigenvalue weighted by Gasteiger charge is -2.32. The lowest BCUT2D eigenvalue weighted by molar-refractivity contribution is 0.0687. The molecule has 1 N–H and O–H groups in total. The molecule has 0 unspecified atom stereocenters. The van der Waals surface area contributed by atoms with Gasteiger partial charge in [-0.25, -0.2) is 0 Å². The predicted molar refractivity (Wildman–Crippen MR) is 91.6 cm³/mol. The number of likely N-dealkylation sites (tertiary alicyclic amines) is 1. The highest BCUT2D eigenvalue weighted by Gasteiger charge is 2.23. The van der Waals surface area contributed by atoms with Gasteiger partial charge in [0.25, 0.3) is 5.91 Å². The summed E-state index contributed by atoms with van der Waals surface area (Å²) in [6.45, 7) is 3.37. The number of amides is 1. The molecule has 1 aliphatic heterocycles. The third kappa shape index (κ3) is 5.27. The van der Waals surface area contributed by atoms with Gasteiger partial charge in [-0.05, 0) is 56.5 Å². The zero-order chi connectivity index (χ0) is 15.1. The molecule has 5 heteroatoms. The quantitative estimate of drug-likeness (QED) is 0.874. The number of benzene rings is 1. The first-order valence-corrected chi connectivity index (χ1v) is 7.76. The third-order valence-corrected chi connectivity index (χ3v) is 4.19. The zero-order valence-electron chi connectivity index (χ0n) is 13.5. The molecule has 0 saturated carbocycles. The second-order valence-corrected chi connectivity index (χ2v) is 5.76. The summed E-state index contributed by atoms with van der Waals surface area (Å²) in [4.78, 5) is 14.5. The number of halogens is 1. The van der Waals surface area contributed by atoms with Gasteiger partial charge in [0.2, 0.25) is 0 Å². The molecule has 0 radical (unpaired) electrons. The van der Waals surface area contributed by atoms with Crippen molar-refractivity contribution < 1.29 is 9.53 Å². The molecule has 2 rings (SSSR count). The summed E-state index contributed by atoms with van der Waals surface area (Å²) < 4.78 is 5.13. The van der Waals surface area contributed by atoms with Gasteiger partial charge in [-0.3, -0.25) is 4.79 Å². The number of nitrogens with one attached hydrogen (secondary N) is 1. The van der Waals surface area contributed by atoms with E-state index >= 15 is 0 Å². The van der Waals surface area contributed by atoms with Crippen molar-refractivity contribution in [3.63, 3.8) is 0 Å². The van der Waals surface area contributed by atoms with Gasteiger partial charge in [-0.2, -0.15) is 0 Å². The van der Waals surface area contributed by atoms with E-state index < -0.39 is 0 Å². The van der Waals surface area contributed by atoms with Crippen LogP contribution in [0.1, 0.15) is 35.2 Å². The Morgan fingerprint density at radius 1 is 1.36 bits per heavy atom. The summed E-state index contributed by atoms with van der Waals surface area (Å²) in [5.74, 6) is 0.904. The predicted octanol–water partition coefficient (Wildman–Crippen LogP) is 2.72. The summed E-state index contributed by atoms with van der Waals surface area (Å²) in [6.07, 6.45) is 3.44. The number of carbonyl (C=O) groups is 1. The summed E-state index contributed by atoms with van der Waals surface area (Å²) in [6, 6.07) is 7.76. The molecule has 4 nitrogen and oxygen atoms in total. The third-order valence-electron chi connectivity index (χ3n) is 4.19. The van der Waals surface area contributed by atoms with Crippen molar-refractivity contribution in [1.82, 2.24) is 10.2 Å². The zero-order valence-corrected chi connectivity index (χ0v) is 14.3. The van der Waals surface area contributed by atoms with Gasteiger partial charge < -0.3 is 15.0 Å². The minimum atomic E-state index is 0. The van der Waals surface area contributed by atoms with Crippen molar-refractivity contribution in [2.24, 2.45) is 5.92 Å². The summed E-state index contributed by atoms with van der Waals surface area (Å²) in [7, 11) is 3.66. The average molecular weight is 327 g/mol. The van der Waals surface area contributed by atoms with Gasteiger partial charge >= 0.3 is 0 Å². The second kappa shape index (κ2) is 9.82. The van der Waals surface area contributed by atoms with Crippen LogP contribution in [0.5, 0.6) is 0 Å². The summed E-state index contributed by atoms with van der Waals surface area (Å²) in [5, 5.41) is 3.20. The Labute approximate surface area is 139 Å². The smallest absolute Gasteiger partial charge is 0.253 e. The Balaban J connectivity index is 0.00000242. The molecule has 1 aromatic carbocycles. The van der Waals surface area contributed by atoms with E-state index in [1.807, 2.05) is 36.2 Å². The number of rotatable bonds is 6. The first-order valence-electron chi connectivity index (χ1n) is 7.76. The van der Waals surface area contributed by atoms with Gasteiger partial charge in [-0.1, -0.05) is 12.1 Å². The van der Waals surface area contributed by atoms with Crippen LogP contribution in [0.25, 0.3) is 0 Å². The van der Waals surface area contributed by atoms with E-state index in [0.29, 0.717) is 6.61 Å². The van der Waals surface area contributed by atoms with Crippen LogP contribution in [0, 0.1) is 5.92 Å². The van der Waals surface area contributed by atoms with Crippen molar-refractivity contribution >= 4 is 18.3 Å². The molecule has 0 spiro atoms. The van der Waals surface area contributed by atoms with Gasteiger partial charge in [-0.15, -0.1) is 12.4 Å². The molecule has 22 heavy (non-hydrogen) atoms. The van der Waals surface area contributed by atoms with Crippen LogP contribution < -0.4 is 5.32 Å². The number of piperidine rings is 1.